The summed E-state index contributed by atoms with van der Waals surface area (Å²) in [4.78, 5) is 14.8. The second kappa shape index (κ2) is 5.71. The number of fused-ring (bicyclic) bond motifs is 1. The highest BCUT2D eigenvalue weighted by Gasteiger charge is 2.05. The molecule has 2 amide bonds. The molecule has 21 heavy (non-hydrogen) atoms. The Morgan fingerprint density at radius 2 is 1.90 bits per heavy atom. The van der Waals surface area contributed by atoms with Crippen LogP contribution in [0.25, 0.3) is 22.0 Å². The first-order valence-corrected chi connectivity index (χ1v) is 6.99. The normalized spacial score (nSPS) is 10.5. The van der Waals surface area contributed by atoms with E-state index in [1.807, 2.05) is 43.5 Å². The molecule has 0 bridgehead atoms. The van der Waals surface area contributed by atoms with Crippen LogP contribution in [0.15, 0.2) is 54.7 Å². The molecule has 0 aliphatic heterocycles. The Balaban J connectivity index is 1.87. The van der Waals surface area contributed by atoms with E-state index in [4.69, 9.17) is 0 Å². The minimum atomic E-state index is -0.184. The van der Waals surface area contributed by atoms with E-state index in [1.54, 1.807) is 0 Å². The van der Waals surface area contributed by atoms with Crippen LogP contribution in [0.5, 0.6) is 0 Å². The second-order valence-electron chi connectivity index (χ2n) is 4.81. The molecule has 4 heteroatoms. The quantitative estimate of drug-likeness (QED) is 0.667. The number of carbonyl (C=O) groups excluding carboxylic acids is 1. The van der Waals surface area contributed by atoms with Gasteiger partial charge in [-0.25, -0.2) is 4.79 Å². The molecule has 0 radical (unpaired) electrons. The number of aromatic nitrogens is 1. The van der Waals surface area contributed by atoms with Crippen LogP contribution < -0.4 is 10.6 Å². The summed E-state index contributed by atoms with van der Waals surface area (Å²) < 4.78 is 0. The molecule has 0 unspecified atom stereocenters. The molecule has 0 aliphatic rings. The van der Waals surface area contributed by atoms with Crippen molar-refractivity contribution in [2.75, 3.05) is 11.9 Å². The van der Waals surface area contributed by atoms with Gasteiger partial charge in [-0.3, -0.25) is 0 Å². The highest BCUT2D eigenvalue weighted by atomic mass is 16.2. The number of carbonyl (C=O) groups is 1. The maximum absolute atomic E-state index is 11.5. The van der Waals surface area contributed by atoms with Crippen LogP contribution in [0.1, 0.15) is 6.92 Å². The predicted octanol–water partition coefficient (Wildman–Crippen LogP) is 3.98. The van der Waals surface area contributed by atoms with Gasteiger partial charge >= 0.3 is 6.03 Å². The van der Waals surface area contributed by atoms with Gasteiger partial charge in [0.05, 0.1) is 5.52 Å². The Hall–Kier alpha value is -2.75. The Bertz CT molecular complexity index is 759. The third kappa shape index (κ3) is 2.74. The van der Waals surface area contributed by atoms with Crippen molar-refractivity contribution in [2.24, 2.45) is 0 Å². The average Bonchev–Trinajstić information content (AvgIpc) is 2.97. The number of H-pyrrole nitrogens is 1. The van der Waals surface area contributed by atoms with E-state index < -0.39 is 0 Å². The largest absolute Gasteiger partial charge is 0.361 e. The van der Waals surface area contributed by atoms with E-state index in [0.717, 1.165) is 22.3 Å². The van der Waals surface area contributed by atoms with Crippen molar-refractivity contribution in [3.63, 3.8) is 0 Å². The second-order valence-corrected chi connectivity index (χ2v) is 4.81. The molecule has 0 saturated carbocycles. The number of rotatable bonds is 3. The van der Waals surface area contributed by atoms with Gasteiger partial charge in [0, 0.05) is 24.0 Å². The number of anilines is 1. The molecule has 3 rings (SSSR count). The van der Waals surface area contributed by atoms with Gasteiger partial charge in [-0.05, 0) is 36.1 Å². The fourth-order valence-electron chi connectivity index (χ4n) is 2.39. The molecule has 0 fully saturated rings. The number of para-hydroxylation sites is 1. The summed E-state index contributed by atoms with van der Waals surface area (Å²) in [6.45, 7) is 2.50. The van der Waals surface area contributed by atoms with E-state index in [9.17, 15) is 4.79 Å². The number of amides is 2. The third-order valence-electron chi connectivity index (χ3n) is 3.38. The summed E-state index contributed by atoms with van der Waals surface area (Å²) in [5, 5.41) is 6.69. The molecule has 4 nitrogen and oxygen atoms in total. The maximum Gasteiger partial charge on any atom is 0.319 e. The van der Waals surface area contributed by atoms with Gasteiger partial charge in [-0.1, -0.05) is 30.3 Å². The van der Waals surface area contributed by atoms with Gasteiger partial charge in [0.2, 0.25) is 0 Å². The Kier molecular flexibility index (Phi) is 3.60. The topological polar surface area (TPSA) is 56.9 Å². The monoisotopic (exact) mass is 279 g/mol. The average molecular weight is 279 g/mol. The van der Waals surface area contributed by atoms with E-state index in [0.29, 0.717) is 6.54 Å². The minimum Gasteiger partial charge on any atom is -0.361 e. The van der Waals surface area contributed by atoms with Gasteiger partial charge in [0.15, 0.2) is 0 Å². The van der Waals surface area contributed by atoms with E-state index in [2.05, 4.69) is 33.8 Å². The Morgan fingerprint density at radius 1 is 1.10 bits per heavy atom. The van der Waals surface area contributed by atoms with E-state index in [1.165, 1.54) is 5.39 Å². The van der Waals surface area contributed by atoms with Crippen LogP contribution in [-0.4, -0.2) is 17.6 Å². The first-order valence-electron chi connectivity index (χ1n) is 6.99. The van der Waals surface area contributed by atoms with Crippen molar-refractivity contribution in [1.29, 1.82) is 0 Å². The van der Waals surface area contributed by atoms with E-state index in [-0.39, 0.29) is 6.03 Å². The number of benzene rings is 2. The van der Waals surface area contributed by atoms with Gasteiger partial charge in [0.1, 0.15) is 0 Å². The van der Waals surface area contributed by atoms with Crippen molar-refractivity contribution >= 4 is 22.6 Å². The zero-order chi connectivity index (χ0) is 14.7. The fraction of sp³-hybridized carbons (Fsp3) is 0.118. The molecule has 0 spiro atoms. The van der Waals surface area contributed by atoms with Crippen molar-refractivity contribution in [2.45, 2.75) is 6.92 Å². The first-order chi connectivity index (χ1) is 10.3. The number of hydrogen-bond donors (Lipinski definition) is 3. The van der Waals surface area contributed by atoms with Gasteiger partial charge < -0.3 is 15.6 Å². The SMILES string of the molecule is CCNC(=O)Nc1ccc(-c2cccc3cc[nH]c23)cc1. The summed E-state index contributed by atoms with van der Waals surface area (Å²) in [6.07, 6.45) is 1.94. The van der Waals surface area contributed by atoms with Crippen LogP contribution in [0.4, 0.5) is 10.5 Å². The van der Waals surface area contributed by atoms with Crippen molar-refractivity contribution in [3.05, 3.63) is 54.7 Å². The molecule has 1 aromatic heterocycles. The molecular formula is C17H17N3O. The zero-order valence-electron chi connectivity index (χ0n) is 11.8. The number of urea groups is 1. The van der Waals surface area contributed by atoms with Crippen LogP contribution in [0, 0.1) is 0 Å². The van der Waals surface area contributed by atoms with Crippen LogP contribution in [0.3, 0.4) is 0 Å². The highest BCUT2D eigenvalue weighted by Crippen LogP contribution is 2.28. The molecule has 0 saturated heterocycles. The van der Waals surface area contributed by atoms with Gasteiger partial charge in [-0.2, -0.15) is 0 Å². The predicted molar refractivity (Wildman–Crippen MR) is 86.4 cm³/mol. The first kappa shape index (κ1) is 13.2. The highest BCUT2D eigenvalue weighted by molar-refractivity contribution is 5.95. The van der Waals surface area contributed by atoms with Crippen molar-refractivity contribution in [1.82, 2.24) is 10.3 Å². The smallest absolute Gasteiger partial charge is 0.319 e. The van der Waals surface area contributed by atoms with E-state index >= 15 is 0 Å². The summed E-state index contributed by atoms with van der Waals surface area (Å²) in [6, 6.07) is 15.9. The van der Waals surface area contributed by atoms with Crippen molar-refractivity contribution in [3.8, 4) is 11.1 Å². The molecule has 0 atom stereocenters. The molecular weight excluding hydrogens is 262 g/mol. The molecule has 0 aliphatic carbocycles. The van der Waals surface area contributed by atoms with Gasteiger partial charge in [-0.15, -0.1) is 0 Å². The molecule has 3 N–H and O–H groups in total. The lowest BCUT2D eigenvalue weighted by molar-refractivity contribution is 0.252. The lowest BCUT2D eigenvalue weighted by atomic mass is 10.0. The zero-order valence-corrected chi connectivity index (χ0v) is 11.8. The summed E-state index contributed by atoms with van der Waals surface area (Å²) in [5.74, 6) is 0. The molecule has 2 aromatic carbocycles. The van der Waals surface area contributed by atoms with Crippen LogP contribution >= 0.6 is 0 Å². The number of nitrogens with one attached hydrogen (secondary N) is 3. The Morgan fingerprint density at radius 3 is 2.67 bits per heavy atom. The Labute approximate surface area is 123 Å². The standard InChI is InChI=1S/C17H17N3O/c1-2-18-17(21)20-14-8-6-12(7-9-14)15-5-3-4-13-10-11-19-16(13)15/h3-11,19H,2H2,1H3,(H2,18,20,21). The fourth-order valence-corrected chi connectivity index (χ4v) is 2.39. The number of hydrogen-bond acceptors (Lipinski definition) is 1. The summed E-state index contributed by atoms with van der Waals surface area (Å²) >= 11 is 0. The third-order valence-corrected chi connectivity index (χ3v) is 3.38. The lowest BCUT2D eigenvalue weighted by Gasteiger charge is -2.08. The lowest BCUT2D eigenvalue weighted by Crippen LogP contribution is -2.28. The summed E-state index contributed by atoms with van der Waals surface area (Å²) in [5.41, 5.74) is 4.18. The summed E-state index contributed by atoms with van der Waals surface area (Å²) in [7, 11) is 0. The van der Waals surface area contributed by atoms with Crippen molar-refractivity contribution < 1.29 is 4.79 Å². The van der Waals surface area contributed by atoms with Crippen LogP contribution in [-0.2, 0) is 0 Å². The minimum absolute atomic E-state index is 0.184. The molecule has 1 heterocycles. The molecule has 106 valence electrons. The number of aromatic amines is 1. The van der Waals surface area contributed by atoms with Gasteiger partial charge in [0.25, 0.3) is 0 Å². The van der Waals surface area contributed by atoms with Crippen LogP contribution in [0.2, 0.25) is 0 Å². The molecule has 3 aromatic rings. The maximum atomic E-state index is 11.5.